The lowest BCUT2D eigenvalue weighted by molar-refractivity contribution is -0.141. The van der Waals surface area contributed by atoms with Crippen molar-refractivity contribution < 1.29 is 18.3 Å². The van der Waals surface area contributed by atoms with Gasteiger partial charge in [-0.1, -0.05) is 45.8 Å². The van der Waals surface area contributed by atoms with Crippen molar-refractivity contribution in [3.8, 4) is 6.07 Å². The van der Waals surface area contributed by atoms with Crippen molar-refractivity contribution in [3.63, 3.8) is 0 Å². The molecule has 1 N–H and O–H groups in total. The SMILES string of the molecule is Cc1ccc(S(=O)(=O)[C@@H]2[C@@H](c3ccc(Br)cc3)[C@]2(C#N)C(=O)O)cc1. The van der Waals surface area contributed by atoms with E-state index < -0.39 is 32.4 Å². The summed E-state index contributed by atoms with van der Waals surface area (Å²) >= 11 is 3.29. The molecule has 3 atom stereocenters. The molecule has 1 aliphatic rings. The van der Waals surface area contributed by atoms with E-state index in [0.717, 1.165) is 10.0 Å². The van der Waals surface area contributed by atoms with Gasteiger partial charge < -0.3 is 5.11 Å². The molecule has 128 valence electrons. The van der Waals surface area contributed by atoms with Gasteiger partial charge in [-0.25, -0.2) is 8.42 Å². The number of sulfone groups is 1. The number of halogens is 1. The Hall–Kier alpha value is -2.17. The number of aliphatic carboxylic acids is 1. The van der Waals surface area contributed by atoms with Crippen LogP contribution in [0.4, 0.5) is 0 Å². The summed E-state index contributed by atoms with van der Waals surface area (Å²) in [6.45, 7) is 1.83. The van der Waals surface area contributed by atoms with Crippen LogP contribution in [-0.4, -0.2) is 24.7 Å². The van der Waals surface area contributed by atoms with Crippen LogP contribution >= 0.6 is 15.9 Å². The zero-order valence-electron chi connectivity index (χ0n) is 13.2. The third-order valence-electron chi connectivity index (χ3n) is 4.58. The third-order valence-corrected chi connectivity index (χ3v) is 7.36. The molecule has 5 nitrogen and oxygen atoms in total. The van der Waals surface area contributed by atoms with Gasteiger partial charge in [0.25, 0.3) is 0 Å². The molecule has 25 heavy (non-hydrogen) atoms. The van der Waals surface area contributed by atoms with Crippen LogP contribution < -0.4 is 0 Å². The molecular formula is C18H14BrNO4S. The van der Waals surface area contributed by atoms with Gasteiger partial charge in [-0.15, -0.1) is 0 Å². The predicted molar refractivity (Wildman–Crippen MR) is 94.7 cm³/mol. The monoisotopic (exact) mass is 419 g/mol. The van der Waals surface area contributed by atoms with Gasteiger partial charge in [0, 0.05) is 10.4 Å². The summed E-state index contributed by atoms with van der Waals surface area (Å²) in [5.74, 6) is -2.32. The van der Waals surface area contributed by atoms with Crippen molar-refractivity contribution in [2.75, 3.05) is 0 Å². The summed E-state index contributed by atoms with van der Waals surface area (Å²) in [7, 11) is -3.97. The molecule has 0 aliphatic heterocycles. The standard InChI is InChI=1S/C18H14BrNO4S/c1-11-2-8-14(9-3-11)25(23,24)16-15(18(16,10-20)17(21)22)12-4-6-13(19)7-5-12/h2-9,15-16H,1H3,(H,21,22)/t15-,16-,18+/m1/s1. The van der Waals surface area contributed by atoms with Crippen LogP contribution in [0.1, 0.15) is 17.0 Å². The van der Waals surface area contributed by atoms with Crippen molar-refractivity contribution in [1.82, 2.24) is 0 Å². The Labute approximate surface area is 154 Å². The van der Waals surface area contributed by atoms with Crippen LogP contribution in [0.25, 0.3) is 0 Å². The van der Waals surface area contributed by atoms with Crippen LogP contribution in [0.5, 0.6) is 0 Å². The molecule has 0 amide bonds. The average molecular weight is 420 g/mol. The summed E-state index contributed by atoms with van der Waals surface area (Å²) in [5.41, 5.74) is -0.561. The van der Waals surface area contributed by atoms with Gasteiger partial charge in [0.1, 0.15) is 5.25 Å². The van der Waals surface area contributed by atoms with Gasteiger partial charge in [-0.2, -0.15) is 5.26 Å². The molecule has 0 spiro atoms. The molecule has 0 saturated heterocycles. The zero-order chi connectivity index (χ0) is 18.4. The van der Waals surface area contributed by atoms with Crippen molar-refractivity contribution in [2.45, 2.75) is 23.0 Å². The second kappa shape index (κ2) is 5.97. The Morgan fingerprint density at radius 3 is 2.20 bits per heavy atom. The highest BCUT2D eigenvalue weighted by Gasteiger charge is 2.77. The van der Waals surface area contributed by atoms with Gasteiger partial charge in [-0.3, -0.25) is 4.79 Å². The van der Waals surface area contributed by atoms with E-state index in [4.69, 9.17) is 0 Å². The molecule has 1 saturated carbocycles. The Kier molecular flexibility index (Phi) is 4.21. The number of hydrogen-bond donors (Lipinski definition) is 1. The topological polar surface area (TPSA) is 95.2 Å². The number of carbonyl (C=O) groups is 1. The number of nitrogens with zero attached hydrogens (tertiary/aromatic N) is 1. The van der Waals surface area contributed by atoms with E-state index in [-0.39, 0.29) is 4.90 Å². The summed E-state index contributed by atoms with van der Waals surface area (Å²) in [5, 5.41) is 17.8. The summed E-state index contributed by atoms with van der Waals surface area (Å²) in [6, 6.07) is 14.7. The average Bonchev–Trinajstić information content (AvgIpc) is 3.27. The van der Waals surface area contributed by atoms with Crippen molar-refractivity contribution in [2.24, 2.45) is 5.41 Å². The van der Waals surface area contributed by atoms with E-state index >= 15 is 0 Å². The van der Waals surface area contributed by atoms with Gasteiger partial charge in [0.05, 0.1) is 11.0 Å². The van der Waals surface area contributed by atoms with Crippen molar-refractivity contribution >= 4 is 31.7 Å². The molecule has 2 aromatic carbocycles. The minimum atomic E-state index is -3.97. The first kappa shape index (κ1) is 17.6. The molecule has 0 aromatic heterocycles. The number of hydrogen-bond acceptors (Lipinski definition) is 4. The highest BCUT2D eigenvalue weighted by Crippen LogP contribution is 2.64. The maximum atomic E-state index is 13.0. The molecule has 7 heteroatoms. The molecule has 0 heterocycles. The first-order chi connectivity index (χ1) is 11.7. The summed E-state index contributed by atoms with van der Waals surface area (Å²) in [4.78, 5) is 11.8. The number of nitriles is 1. The van der Waals surface area contributed by atoms with E-state index in [1.165, 1.54) is 12.1 Å². The van der Waals surface area contributed by atoms with Gasteiger partial charge >= 0.3 is 5.97 Å². The quantitative estimate of drug-likeness (QED) is 0.819. The Balaban J connectivity index is 2.12. The van der Waals surface area contributed by atoms with Crippen molar-refractivity contribution in [3.05, 3.63) is 64.1 Å². The molecular weight excluding hydrogens is 406 g/mol. The normalized spacial score (nSPS) is 25.2. The van der Waals surface area contributed by atoms with E-state index in [2.05, 4.69) is 15.9 Å². The van der Waals surface area contributed by atoms with Gasteiger partial charge in [0.2, 0.25) is 0 Å². The lowest BCUT2D eigenvalue weighted by Crippen LogP contribution is -2.22. The van der Waals surface area contributed by atoms with Crippen LogP contribution in [0.15, 0.2) is 57.9 Å². The number of benzene rings is 2. The second-order valence-corrected chi connectivity index (χ2v) is 9.08. The molecule has 2 aromatic rings. The number of carboxylic acid groups (broad SMARTS) is 1. The van der Waals surface area contributed by atoms with Crippen LogP contribution in [-0.2, 0) is 14.6 Å². The van der Waals surface area contributed by atoms with Crippen LogP contribution in [0, 0.1) is 23.7 Å². The smallest absolute Gasteiger partial charge is 0.326 e. The number of rotatable bonds is 4. The lowest BCUT2D eigenvalue weighted by Gasteiger charge is -2.05. The fraction of sp³-hybridized carbons (Fsp3) is 0.222. The van der Waals surface area contributed by atoms with Crippen molar-refractivity contribution in [1.29, 1.82) is 5.26 Å². The Morgan fingerprint density at radius 2 is 1.72 bits per heavy atom. The molecule has 0 radical (unpaired) electrons. The van der Waals surface area contributed by atoms with Gasteiger partial charge in [-0.05, 0) is 36.8 Å². The van der Waals surface area contributed by atoms with E-state index in [1.54, 1.807) is 42.5 Å². The maximum absolute atomic E-state index is 13.0. The third kappa shape index (κ3) is 2.66. The zero-order valence-corrected chi connectivity index (χ0v) is 15.6. The first-order valence-corrected chi connectivity index (χ1v) is 9.79. The number of carboxylic acids is 1. The molecule has 0 unspecified atom stereocenters. The van der Waals surface area contributed by atoms with Crippen LogP contribution in [0.3, 0.4) is 0 Å². The molecule has 1 fully saturated rings. The number of aryl methyl sites for hydroxylation is 1. The fourth-order valence-corrected chi connectivity index (χ4v) is 5.71. The van der Waals surface area contributed by atoms with E-state index in [1.807, 2.05) is 6.92 Å². The first-order valence-electron chi connectivity index (χ1n) is 7.46. The van der Waals surface area contributed by atoms with E-state index in [0.29, 0.717) is 5.56 Å². The van der Waals surface area contributed by atoms with Crippen LogP contribution in [0.2, 0.25) is 0 Å². The fourth-order valence-electron chi connectivity index (χ4n) is 3.20. The molecule has 0 bridgehead atoms. The molecule has 3 rings (SSSR count). The maximum Gasteiger partial charge on any atom is 0.326 e. The minimum absolute atomic E-state index is 0.0311. The van der Waals surface area contributed by atoms with E-state index in [9.17, 15) is 23.6 Å². The predicted octanol–water partition coefficient (Wildman–Crippen LogP) is 3.29. The largest absolute Gasteiger partial charge is 0.480 e. The lowest BCUT2D eigenvalue weighted by atomic mass is 10.0. The second-order valence-electron chi connectivity index (χ2n) is 6.09. The Morgan fingerprint density at radius 1 is 1.16 bits per heavy atom. The summed E-state index contributed by atoms with van der Waals surface area (Å²) < 4.78 is 26.8. The summed E-state index contributed by atoms with van der Waals surface area (Å²) in [6.07, 6.45) is 0. The minimum Gasteiger partial charge on any atom is -0.480 e. The highest BCUT2D eigenvalue weighted by molar-refractivity contribution is 9.10. The van der Waals surface area contributed by atoms with Gasteiger partial charge in [0.15, 0.2) is 15.3 Å². The molecule has 1 aliphatic carbocycles. The highest BCUT2D eigenvalue weighted by atomic mass is 79.9. The Bertz CT molecular complexity index is 977.